The van der Waals surface area contributed by atoms with Gasteiger partial charge in [-0.05, 0) is 17.7 Å². The van der Waals surface area contributed by atoms with Crippen LogP contribution in [-0.4, -0.2) is 10.4 Å². The van der Waals surface area contributed by atoms with Gasteiger partial charge in [0.15, 0.2) is 0 Å². The van der Waals surface area contributed by atoms with E-state index in [0.717, 1.165) is 6.54 Å². The molecule has 0 spiro atoms. The van der Waals surface area contributed by atoms with Crippen LogP contribution >= 0.6 is 11.6 Å². The Morgan fingerprint density at radius 3 is 2.39 bits per heavy atom. The molecule has 1 aromatic heterocycles. The molecule has 0 radical (unpaired) electrons. The first-order valence-electron chi connectivity index (χ1n) is 6.10. The number of nitrogens with zero attached hydrogens (tertiary/aromatic N) is 1. The van der Waals surface area contributed by atoms with Crippen LogP contribution in [0.2, 0.25) is 0 Å². The zero-order valence-corrected chi connectivity index (χ0v) is 10.8. The Morgan fingerprint density at radius 1 is 0.889 bits per heavy atom. The maximum atomic E-state index is 5.93. The molecular formula is C16H14ClN. The lowest BCUT2D eigenvalue weighted by Crippen LogP contribution is -2.00. The van der Waals surface area contributed by atoms with E-state index >= 15 is 0 Å². The zero-order valence-electron chi connectivity index (χ0n) is 10.0. The van der Waals surface area contributed by atoms with Crippen molar-refractivity contribution in [1.29, 1.82) is 0 Å². The second kappa shape index (κ2) is 4.87. The van der Waals surface area contributed by atoms with E-state index in [9.17, 15) is 0 Å². The molecule has 2 heteroatoms. The highest BCUT2D eigenvalue weighted by Crippen LogP contribution is 2.28. The number of benzene rings is 2. The van der Waals surface area contributed by atoms with Crippen molar-refractivity contribution in [2.24, 2.45) is 0 Å². The Balaban J connectivity index is 2.25. The molecule has 0 amide bonds. The van der Waals surface area contributed by atoms with Crippen LogP contribution in [0.4, 0.5) is 0 Å². The predicted octanol–water partition coefficient (Wildman–Crippen LogP) is 4.55. The van der Waals surface area contributed by atoms with E-state index in [4.69, 9.17) is 11.6 Å². The number of alkyl halides is 1. The molecule has 3 aromatic rings. The zero-order chi connectivity index (χ0) is 12.4. The van der Waals surface area contributed by atoms with Crippen LogP contribution in [0.15, 0.2) is 60.7 Å². The van der Waals surface area contributed by atoms with Crippen molar-refractivity contribution >= 4 is 22.5 Å². The number of para-hydroxylation sites is 1. The molecule has 0 atom stereocenters. The molecular weight excluding hydrogens is 242 g/mol. The third-order valence-corrected chi connectivity index (χ3v) is 3.36. The summed E-state index contributed by atoms with van der Waals surface area (Å²) in [5.41, 5.74) is 3.72. The molecule has 90 valence electrons. The van der Waals surface area contributed by atoms with E-state index in [-0.39, 0.29) is 0 Å². The van der Waals surface area contributed by atoms with E-state index in [1.807, 2.05) is 6.07 Å². The maximum absolute atomic E-state index is 5.93. The number of aryl methyl sites for hydroxylation is 1. The second-order valence-electron chi connectivity index (χ2n) is 4.30. The van der Waals surface area contributed by atoms with Crippen LogP contribution in [-0.2, 0) is 6.54 Å². The van der Waals surface area contributed by atoms with Crippen molar-refractivity contribution in [1.82, 2.24) is 4.57 Å². The van der Waals surface area contributed by atoms with Crippen molar-refractivity contribution in [3.63, 3.8) is 0 Å². The summed E-state index contributed by atoms with van der Waals surface area (Å²) in [6.07, 6.45) is 0. The maximum Gasteiger partial charge on any atom is 0.0491 e. The minimum Gasteiger partial charge on any atom is -0.339 e. The van der Waals surface area contributed by atoms with Crippen LogP contribution < -0.4 is 0 Å². The van der Waals surface area contributed by atoms with Gasteiger partial charge in [-0.3, -0.25) is 0 Å². The highest BCUT2D eigenvalue weighted by Gasteiger charge is 2.09. The Kier molecular flexibility index (Phi) is 3.07. The first kappa shape index (κ1) is 11.4. The molecule has 1 nitrogen and oxygen atoms in total. The third-order valence-electron chi connectivity index (χ3n) is 3.19. The van der Waals surface area contributed by atoms with Crippen LogP contribution in [0, 0.1) is 0 Å². The Labute approximate surface area is 112 Å². The summed E-state index contributed by atoms with van der Waals surface area (Å²) in [5.74, 6) is 0.624. The van der Waals surface area contributed by atoms with E-state index in [0.29, 0.717) is 5.88 Å². The van der Waals surface area contributed by atoms with Gasteiger partial charge in [-0.2, -0.15) is 0 Å². The standard InChI is InChI=1S/C16H14ClN/c17-10-11-18-15-9-5-4-8-14(15)12-16(18)13-6-2-1-3-7-13/h1-9,12H,10-11H2. The molecule has 0 aliphatic heterocycles. The van der Waals surface area contributed by atoms with Crippen LogP contribution in [0.3, 0.4) is 0 Å². The van der Waals surface area contributed by atoms with Crippen molar-refractivity contribution in [2.75, 3.05) is 5.88 Å². The fraction of sp³-hybridized carbons (Fsp3) is 0.125. The monoisotopic (exact) mass is 255 g/mol. The lowest BCUT2D eigenvalue weighted by atomic mass is 10.1. The summed E-state index contributed by atoms with van der Waals surface area (Å²) in [5, 5.41) is 1.27. The number of rotatable bonds is 3. The molecule has 0 bridgehead atoms. The van der Waals surface area contributed by atoms with Crippen LogP contribution in [0.25, 0.3) is 22.2 Å². The minimum absolute atomic E-state index is 0.624. The average Bonchev–Trinajstić information content (AvgIpc) is 2.80. The number of hydrogen-bond donors (Lipinski definition) is 0. The Morgan fingerprint density at radius 2 is 1.61 bits per heavy atom. The van der Waals surface area contributed by atoms with Gasteiger partial charge in [0.2, 0.25) is 0 Å². The quantitative estimate of drug-likeness (QED) is 0.605. The molecule has 0 aliphatic rings. The minimum atomic E-state index is 0.624. The topological polar surface area (TPSA) is 4.93 Å². The fourth-order valence-electron chi connectivity index (χ4n) is 2.38. The molecule has 0 unspecified atom stereocenters. The lowest BCUT2D eigenvalue weighted by Gasteiger charge is -2.08. The molecule has 0 aliphatic carbocycles. The van der Waals surface area contributed by atoms with E-state index in [1.54, 1.807) is 0 Å². The van der Waals surface area contributed by atoms with E-state index < -0.39 is 0 Å². The van der Waals surface area contributed by atoms with Gasteiger partial charge in [0.1, 0.15) is 0 Å². The van der Waals surface area contributed by atoms with Crippen molar-refractivity contribution in [3.8, 4) is 11.3 Å². The SMILES string of the molecule is ClCCn1c(-c2ccccc2)cc2ccccc21. The summed E-state index contributed by atoms with van der Waals surface area (Å²) in [6, 6.07) is 21.1. The van der Waals surface area contributed by atoms with Gasteiger partial charge in [0.05, 0.1) is 0 Å². The van der Waals surface area contributed by atoms with E-state index in [2.05, 4.69) is 59.2 Å². The summed E-state index contributed by atoms with van der Waals surface area (Å²) in [6.45, 7) is 0.833. The van der Waals surface area contributed by atoms with Gasteiger partial charge in [0.25, 0.3) is 0 Å². The van der Waals surface area contributed by atoms with Gasteiger partial charge in [-0.15, -0.1) is 11.6 Å². The highest BCUT2D eigenvalue weighted by atomic mass is 35.5. The molecule has 18 heavy (non-hydrogen) atoms. The van der Waals surface area contributed by atoms with Gasteiger partial charge in [0, 0.05) is 29.0 Å². The molecule has 0 N–H and O–H groups in total. The average molecular weight is 256 g/mol. The van der Waals surface area contributed by atoms with Crippen molar-refractivity contribution in [2.45, 2.75) is 6.54 Å². The van der Waals surface area contributed by atoms with Crippen molar-refractivity contribution in [3.05, 3.63) is 60.7 Å². The van der Waals surface area contributed by atoms with Crippen LogP contribution in [0.5, 0.6) is 0 Å². The third kappa shape index (κ3) is 1.91. The molecule has 0 saturated carbocycles. The smallest absolute Gasteiger partial charge is 0.0491 e. The molecule has 3 rings (SSSR count). The Bertz CT molecular complexity index is 655. The largest absolute Gasteiger partial charge is 0.339 e. The lowest BCUT2D eigenvalue weighted by molar-refractivity contribution is 0.811. The first-order valence-corrected chi connectivity index (χ1v) is 6.63. The van der Waals surface area contributed by atoms with Gasteiger partial charge < -0.3 is 4.57 Å². The normalized spacial score (nSPS) is 10.9. The fourth-order valence-corrected chi connectivity index (χ4v) is 2.55. The number of hydrogen-bond acceptors (Lipinski definition) is 0. The highest BCUT2D eigenvalue weighted by molar-refractivity contribution is 6.17. The number of halogens is 1. The van der Waals surface area contributed by atoms with Gasteiger partial charge in [-0.1, -0.05) is 48.5 Å². The second-order valence-corrected chi connectivity index (χ2v) is 4.67. The molecule has 0 fully saturated rings. The number of aromatic nitrogens is 1. The first-order chi connectivity index (χ1) is 8.90. The molecule has 0 saturated heterocycles. The molecule has 2 aromatic carbocycles. The predicted molar refractivity (Wildman–Crippen MR) is 78.1 cm³/mol. The van der Waals surface area contributed by atoms with Crippen LogP contribution in [0.1, 0.15) is 0 Å². The number of fused-ring (bicyclic) bond motifs is 1. The van der Waals surface area contributed by atoms with E-state index in [1.165, 1.54) is 22.2 Å². The van der Waals surface area contributed by atoms with Crippen molar-refractivity contribution < 1.29 is 0 Å². The van der Waals surface area contributed by atoms with Gasteiger partial charge >= 0.3 is 0 Å². The summed E-state index contributed by atoms with van der Waals surface area (Å²) < 4.78 is 2.29. The summed E-state index contributed by atoms with van der Waals surface area (Å²) in [7, 11) is 0. The Hall–Kier alpha value is -1.73. The summed E-state index contributed by atoms with van der Waals surface area (Å²) in [4.78, 5) is 0. The molecule has 1 heterocycles. The summed E-state index contributed by atoms with van der Waals surface area (Å²) >= 11 is 5.93. The van der Waals surface area contributed by atoms with Gasteiger partial charge in [-0.25, -0.2) is 0 Å².